The van der Waals surface area contributed by atoms with Crippen LogP contribution in [0.5, 0.6) is 5.75 Å². The van der Waals surface area contributed by atoms with Crippen molar-refractivity contribution >= 4 is 0 Å². The topological polar surface area (TPSA) is 41.5 Å². The number of aliphatic hydroxyl groups excluding tert-OH is 1. The first-order chi connectivity index (χ1) is 9.56. The van der Waals surface area contributed by atoms with E-state index in [0.29, 0.717) is 19.2 Å². The van der Waals surface area contributed by atoms with E-state index >= 15 is 0 Å². The van der Waals surface area contributed by atoms with E-state index < -0.39 is 6.10 Å². The Hall–Kier alpha value is -1.06. The van der Waals surface area contributed by atoms with Crippen LogP contribution in [0.15, 0.2) is 18.2 Å². The zero-order valence-electron chi connectivity index (χ0n) is 12.9. The van der Waals surface area contributed by atoms with Gasteiger partial charge in [-0.1, -0.05) is 25.1 Å². The number of benzene rings is 1. The lowest BCUT2D eigenvalue weighted by atomic mass is 10.1. The zero-order chi connectivity index (χ0) is 14.5. The van der Waals surface area contributed by atoms with Crippen molar-refractivity contribution in [2.75, 3.05) is 13.2 Å². The van der Waals surface area contributed by atoms with Crippen LogP contribution in [-0.4, -0.2) is 30.4 Å². The van der Waals surface area contributed by atoms with Crippen molar-refractivity contribution in [1.29, 1.82) is 0 Å². The molecule has 0 heterocycles. The third-order valence-corrected chi connectivity index (χ3v) is 4.17. The highest BCUT2D eigenvalue weighted by atomic mass is 16.5. The Morgan fingerprint density at radius 1 is 1.30 bits per heavy atom. The molecule has 1 aliphatic rings. The number of aryl methyl sites for hydroxylation is 2. The monoisotopic (exact) mass is 277 g/mol. The zero-order valence-corrected chi connectivity index (χ0v) is 12.9. The molecule has 1 saturated carbocycles. The highest BCUT2D eigenvalue weighted by Gasteiger charge is 2.21. The van der Waals surface area contributed by atoms with E-state index in [-0.39, 0.29) is 0 Å². The minimum atomic E-state index is -0.454. The van der Waals surface area contributed by atoms with E-state index in [1.807, 2.05) is 32.0 Å². The summed E-state index contributed by atoms with van der Waals surface area (Å²) in [5.41, 5.74) is 2.24. The number of rotatable bonds is 6. The highest BCUT2D eigenvalue weighted by molar-refractivity contribution is 5.39. The first kappa shape index (κ1) is 15.3. The molecule has 2 rings (SSSR count). The van der Waals surface area contributed by atoms with Crippen LogP contribution in [0.1, 0.15) is 37.3 Å². The molecule has 0 radical (unpaired) electrons. The third-order valence-electron chi connectivity index (χ3n) is 4.17. The van der Waals surface area contributed by atoms with Crippen molar-refractivity contribution in [1.82, 2.24) is 5.32 Å². The molecule has 3 heteroatoms. The second-order valence-electron chi connectivity index (χ2n) is 6.21. The van der Waals surface area contributed by atoms with Crippen LogP contribution in [0, 0.1) is 19.8 Å². The molecule has 3 atom stereocenters. The molecule has 0 spiro atoms. The Bertz CT molecular complexity index is 413. The maximum absolute atomic E-state index is 10.0. The maximum Gasteiger partial charge on any atom is 0.125 e. The molecule has 112 valence electrons. The molecule has 1 aliphatic carbocycles. The van der Waals surface area contributed by atoms with Gasteiger partial charge in [-0.2, -0.15) is 0 Å². The fourth-order valence-corrected chi connectivity index (χ4v) is 2.96. The quantitative estimate of drug-likeness (QED) is 0.840. The minimum Gasteiger partial charge on any atom is -0.490 e. The molecule has 0 amide bonds. The van der Waals surface area contributed by atoms with Gasteiger partial charge in [0.05, 0.1) is 0 Å². The number of hydrogen-bond donors (Lipinski definition) is 2. The van der Waals surface area contributed by atoms with E-state index in [1.165, 1.54) is 19.3 Å². The van der Waals surface area contributed by atoms with E-state index in [1.54, 1.807) is 0 Å². The van der Waals surface area contributed by atoms with Crippen LogP contribution in [-0.2, 0) is 0 Å². The summed E-state index contributed by atoms with van der Waals surface area (Å²) in [6.45, 7) is 7.32. The lowest BCUT2D eigenvalue weighted by molar-refractivity contribution is 0.103. The van der Waals surface area contributed by atoms with Gasteiger partial charge in [0, 0.05) is 12.6 Å². The molecule has 0 saturated heterocycles. The summed E-state index contributed by atoms with van der Waals surface area (Å²) < 4.78 is 5.78. The smallest absolute Gasteiger partial charge is 0.125 e. The average molecular weight is 277 g/mol. The Morgan fingerprint density at radius 2 is 2.00 bits per heavy atom. The molecule has 1 aromatic carbocycles. The molecule has 2 N–H and O–H groups in total. The summed E-state index contributed by atoms with van der Waals surface area (Å²) in [5, 5.41) is 13.5. The standard InChI is InChI=1S/C17H27NO2/c1-12-7-8-15(9-12)18-10-16(19)11-20-17-13(2)5-4-6-14(17)3/h4-6,12,15-16,18-19H,7-11H2,1-3H3. The molecule has 3 unspecified atom stereocenters. The van der Waals surface area contributed by atoms with Crippen molar-refractivity contribution in [3.8, 4) is 5.75 Å². The summed E-state index contributed by atoms with van der Waals surface area (Å²) >= 11 is 0. The van der Waals surface area contributed by atoms with Crippen molar-refractivity contribution in [2.45, 2.75) is 52.2 Å². The average Bonchev–Trinajstić information content (AvgIpc) is 2.82. The van der Waals surface area contributed by atoms with Crippen LogP contribution in [0.2, 0.25) is 0 Å². The Morgan fingerprint density at radius 3 is 2.60 bits per heavy atom. The number of nitrogens with one attached hydrogen (secondary N) is 1. The van der Waals surface area contributed by atoms with E-state index in [0.717, 1.165) is 22.8 Å². The predicted molar refractivity (Wildman–Crippen MR) is 82.2 cm³/mol. The molecule has 0 bridgehead atoms. The number of para-hydroxylation sites is 1. The summed E-state index contributed by atoms with van der Waals surface area (Å²) in [4.78, 5) is 0. The normalized spacial score (nSPS) is 23.8. The number of ether oxygens (including phenoxy) is 1. The van der Waals surface area contributed by atoms with Gasteiger partial charge in [0.2, 0.25) is 0 Å². The van der Waals surface area contributed by atoms with Gasteiger partial charge in [-0.05, 0) is 50.2 Å². The Balaban J connectivity index is 1.73. The Labute approximate surface area is 122 Å². The lowest BCUT2D eigenvalue weighted by Gasteiger charge is -2.18. The van der Waals surface area contributed by atoms with Gasteiger partial charge >= 0.3 is 0 Å². The first-order valence-corrected chi connectivity index (χ1v) is 7.66. The largest absolute Gasteiger partial charge is 0.490 e. The fraction of sp³-hybridized carbons (Fsp3) is 0.647. The van der Waals surface area contributed by atoms with E-state index in [9.17, 15) is 5.11 Å². The lowest BCUT2D eigenvalue weighted by Crippen LogP contribution is -2.36. The van der Waals surface area contributed by atoms with Crippen molar-refractivity contribution in [3.05, 3.63) is 29.3 Å². The number of aliphatic hydroxyl groups is 1. The SMILES string of the molecule is Cc1cccc(C)c1OCC(O)CNC1CCC(C)C1. The third kappa shape index (κ3) is 4.22. The van der Waals surface area contributed by atoms with Gasteiger partial charge in [-0.3, -0.25) is 0 Å². The summed E-state index contributed by atoms with van der Waals surface area (Å²) in [6.07, 6.45) is 3.30. The molecular formula is C17H27NO2. The van der Waals surface area contributed by atoms with E-state index in [4.69, 9.17) is 4.74 Å². The molecule has 0 aromatic heterocycles. The van der Waals surface area contributed by atoms with Gasteiger partial charge in [-0.25, -0.2) is 0 Å². The van der Waals surface area contributed by atoms with Crippen LogP contribution in [0.4, 0.5) is 0 Å². The van der Waals surface area contributed by atoms with Crippen LogP contribution < -0.4 is 10.1 Å². The van der Waals surface area contributed by atoms with Gasteiger partial charge in [-0.15, -0.1) is 0 Å². The predicted octanol–water partition coefficient (Wildman–Crippen LogP) is 2.82. The molecule has 20 heavy (non-hydrogen) atoms. The molecule has 1 fully saturated rings. The fourth-order valence-electron chi connectivity index (χ4n) is 2.96. The van der Waals surface area contributed by atoms with Gasteiger partial charge in [0.25, 0.3) is 0 Å². The van der Waals surface area contributed by atoms with Crippen LogP contribution >= 0.6 is 0 Å². The number of hydrogen-bond acceptors (Lipinski definition) is 3. The van der Waals surface area contributed by atoms with Crippen molar-refractivity contribution in [2.24, 2.45) is 5.92 Å². The van der Waals surface area contributed by atoms with Crippen molar-refractivity contribution in [3.63, 3.8) is 0 Å². The highest BCUT2D eigenvalue weighted by Crippen LogP contribution is 2.24. The van der Waals surface area contributed by atoms with Crippen LogP contribution in [0.25, 0.3) is 0 Å². The van der Waals surface area contributed by atoms with Gasteiger partial charge in [0.15, 0.2) is 0 Å². The molecule has 3 nitrogen and oxygen atoms in total. The van der Waals surface area contributed by atoms with Gasteiger partial charge in [0.1, 0.15) is 18.5 Å². The maximum atomic E-state index is 10.0. The second-order valence-corrected chi connectivity index (χ2v) is 6.21. The Kier molecular flexibility index (Phi) is 5.44. The molecular weight excluding hydrogens is 250 g/mol. The molecule has 0 aliphatic heterocycles. The second kappa shape index (κ2) is 7.09. The van der Waals surface area contributed by atoms with E-state index in [2.05, 4.69) is 12.2 Å². The summed E-state index contributed by atoms with van der Waals surface area (Å²) in [5.74, 6) is 1.72. The van der Waals surface area contributed by atoms with Crippen LogP contribution in [0.3, 0.4) is 0 Å². The molecule has 1 aromatic rings. The minimum absolute atomic E-state index is 0.348. The summed E-state index contributed by atoms with van der Waals surface area (Å²) in [6, 6.07) is 6.66. The van der Waals surface area contributed by atoms with Gasteiger partial charge < -0.3 is 15.2 Å². The first-order valence-electron chi connectivity index (χ1n) is 7.66. The van der Waals surface area contributed by atoms with Crippen molar-refractivity contribution < 1.29 is 9.84 Å². The summed E-state index contributed by atoms with van der Waals surface area (Å²) in [7, 11) is 0.